The van der Waals surface area contributed by atoms with Gasteiger partial charge >= 0.3 is 5.97 Å². The van der Waals surface area contributed by atoms with Gasteiger partial charge in [0, 0.05) is 17.6 Å². The molecule has 1 saturated heterocycles. The lowest BCUT2D eigenvalue weighted by Gasteiger charge is -2.30. The van der Waals surface area contributed by atoms with Crippen molar-refractivity contribution >= 4 is 31.9 Å². The number of carbonyl (C=O) groups excluding carboxylic acids is 1. The number of halogens is 1. The van der Waals surface area contributed by atoms with Gasteiger partial charge in [0.1, 0.15) is 0 Å². The third kappa shape index (κ3) is 3.70. The average molecular weight is 390 g/mol. The molecular weight excluding hydrogens is 370 g/mol. The number of esters is 1. The van der Waals surface area contributed by atoms with Crippen LogP contribution in [-0.2, 0) is 19.6 Å². The van der Waals surface area contributed by atoms with Crippen LogP contribution in [0.2, 0.25) is 0 Å². The molecule has 7 heteroatoms. The van der Waals surface area contributed by atoms with Gasteiger partial charge < -0.3 is 4.74 Å². The molecule has 0 N–H and O–H groups in total. The van der Waals surface area contributed by atoms with Crippen LogP contribution in [0.15, 0.2) is 27.6 Å². The summed E-state index contributed by atoms with van der Waals surface area (Å²) in [7, 11) is -3.54. The minimum Gasteiger partial charge on any atom is -0.466 e. The fourth-order valence-electron chi connectivity index (χ4n) is 2.55. The summed E-state index contributed by atoms with van der Waals surface area (Å²) in [5.74, 6) is -0.427. The van der Waals surface area contributed by atoms with Crippen molar-refractivity contribution in [3.8, 4) is 0 Å². The van der Waals surface area contributed by atoms with Crippen LogP contribution in [0.3, 0.4) is 0 Å². The fourth-order valence-corrected chi connectivity index (χ4v) is 5.17. The lowest BCUT2D eigenvalue weighted by molar-refractivity contribution is -0.149. The zero-order valence-electron chi connectivity index (χ0n) is 12.7. The van der Waals surface area contributed by atoms with Crippen molar-refractivity contribution in [2.45, 2.75) is 31.6 Å². The fraction of sp³-hybridized carbons (Fsp3) is 0.533. The van der Waals surface area contributed by atoms with Crippen LogP contribution in [0.25, 0.3) is 0 Å². The van der Waals surface area contributed by atoms with Crippen LogP contribution < -0.4 is 0 Å². The molecule has 0 atom stereocenters. The van der Waals surface area contributed by atoms with Gasteiger partial charge in [-0.3, -0.25) is 4.79 Å². The highest BCUT2D eigenvalue weighted by molar-refractivity contribution is 9.10. The average Bonchev–Trinajstić information content (AvgIpc) is 2.47. The van der Waals surface area contributed by atoms with Crippen molar-refractivity contribution < 1.29 is 17.9 Å². The normalized spacial score (nSPS) is 17.4. The summed E-state index contributed by atoms with van der Waals surface area (Å²) >= 11 is 3.33. The predicted octanol–water partition coefficient (Wildman–Crippen LogP) is 2.72. The number of hydrogen-bond donors (Lipinski definition) is 0. The number of nitrogens with zero attached hydrogens (tertiary/aromatic N) is 1. The molecule has 5 nitrogen and oxygen atoms in total. The van der Waals surface area contributed by atoms with Crippen LogP contribution in [0.1, 0.15) is 25.3 Å². The SMILES string of the molecule is CCOC(=O)C1CCN(S(=O)(=O)c2ccc(C)cc2Br)CC1. The Morgan fingerprint density at radius 1 is 1.36 bits per heavy atom. The van der Waals surface area contributed by atoms with E-state index in [2.05, 4.69) is 15.9 Å². The minimum atomic E-state index is -3.54. The Morgan fingerprint density at radius 2 is 2.00 bits per heavy atom. The molecule has 1 aliphatic heterocycles. The van der Waals surface area contributed by atoms with Crippen molar-refractivity contribution in [3.05, 3.63) is 28.2 Å². The second kappa shape index (κ2) is 7.10. The molecule has 0 spiro atoms. The molecule has 1 aromatic carbocycles. The van der Waals surface area contributed by atoms with E-state index in [-0.39, 0.29) is 16.8 Å². The van der Waals surface area contributed by atoms with Crippen molar-refractivity contribution in [3.63, 3.8) is 0 Å². The first-order valence-corrected chi connectivity index (χ1v) is 9.52. The van der Waals surface area contributed by atoms with E-state index in [1.165, 1.54) is 4.31 Å². The highest BCUT2D eigenvalue weighted by Crippen LogP contribution is 2.29. The minimum absolute atomic E-state index is 0.201. The van der Waals surface area contributed by atoms with E-state index in [4.69, 9.17) is 4.74 Å². The molecule has 22 heavy (non-hydrogen) atoms. The standard InChI is InChI=1S/C15H20BrNO4S/c1-3-21-15(18)12-6-8-17(9-7-12)22(19,20)14-5-4-11(2)10-13(14)16/h4-5,10,12H,3,6-9H2,1-2H3. The van der Waals surface area contributed by atoms with Gasteiger partial charge in [-0.25, -0.2) is 8.42 Å². The molecule has 1 aromatic rings. The van der Waals surface area contributed by atoms with E-state index >= 15 is 0 Å². The number of sulfonamides is 1. The first kappa shape index (κ1) is 17.4. The summed E-state index contributed by atoms with van der Waals surface area (Å²) < 4.78 is 32.4. The summed E-state index contributed by atoms with van der Waals surface area (Å²) in [4.78, 5) is 12.0. The Kier molecular flexibility index (Phi) is 5.63. The molecule has 0 radical (unpaired) electrons. The number of piperidine rings is 1. The lowest BCUT2D eigenvalue weighted by Crippen LogP contribution is -2.40. The number of ether oxygens (including phenoxy) is 1. The molecule has 0 aliphatic carbocycles. The first-order chi connectivity index (χ1) is 10.4. The van der Waals surface area contributed by atoms with Crippen LogP contribution in [0, 0.1) is 12.8 Å². The maximum atomic E-state index is 12.7. The Hall–Kier alpha value is -0.920. The summed E-state index contributed by atoms with van der Waals surface area (Å²) in [5.41, 5.74) is 0.992. The van der Waals surface area contributed by atoms with E-state index in [0.717, 1.165) is 5.56 Å². The number of carbonyl (C=O) groups is 1. The largest absolute Gasteiger partial charge is 0.466 e. The first-order valence-electron chi connectivity index (χ1n) is 7.29. The number of aryl methyl sites for hydroxylation is 1. The summed E-state index contributed by atoms with van der Waals surface area (Å²) in [6.45, 7) is 4.71. The second-order valence-corrected chi connectivity index (χ2v) is 8.12. The number of benzene rings is 1. The molecule has 1 fully saturated rings. The van der Waals surface area contributed by atoms with E-state index in [0.29, 0.717) is 37.0 Å². The zero-order chi connectivity index (χ0) is 16.3. The van der Waals surface area contributed by atoms with Gasteiger partial charge in [0.25, 0.3) is 0 Å². The maximum absolute atomic E-state index is 12.7. The third-order valence-electron chi connectivity index (χ3n) is 3.78. The van der Waals surface area contributed by atoms with Gasteiger partial charge in [0.2, 0.25) is 10.0 Å². The molecule has 0 unspecified atom stereocenters. The van der Waals surface area contributed by atoms with E-state index < -0.39 is 10.0 Å². The molecule has 1 heterocycles. The summed E-state index contributed by atoms with van der Waals surface area (Å²) in [5, 5.41) is 0. The summed E-state index contributed by atoms with van der Waals surface area (Å²) in [6.07, 6.45) is 1.00. The molecule has 1 aliphatic rings. The van der Waals surface area contributed by atoms with Crippen molar-refractivity contribution in [2.24, 2.45) is 5.92 Å². The predicted molar refractivity (Wildman–Crippen MR) is 87.0 cm³/mol. The molecule has 0 bridgehead atoms. The quantitative estimate of drug-likeness (QED) is 0.742. The number of rotatable bonds is 4. The summed E-state index contributed by atoms with van der Waals surface area (Å²) in [6, 6.07) is 5.19. The van der Waals surface area contributed by atoms with Gasteiger partial charge in [0.15, 0.2) is 0 Å². The van der Waals surface area contributed by atoms with Crippen LogP contribution >= 0.6 is 15.9 Å². The van der Waals surface area contributed by atoms with Crippen LogP contribution in [0.4, 0.5) is 0 Å². The van der Waals surface area contributed by atoms with Crippen LogP contribution in [0.5, 0.6) is 0 Å². The Morgan fingerprint density at radius 3 is 2.55 bits per heavy atom. The smallest absolute Gasteiger partial charge is 0.309 e. The topological polar surface area (TPSA) is 63.7 Å². The Labute approximate surface area is 139 Å². The molecule has 0 amide bonds. The molecule has 122 valence electrons. The number of hydrogen-bond acceptors (Lipinski definition) is 4. The van der Waals surface area contributed by atoms with Gasteiger partial charge in [-0.15, -0.1) is 0 Å². The van der Waals surface area contributed by atoms with Gasteiger partial charge in [0.05, 0.1) is 17.4 Å². The maximum Gasteiger partial charge on any atom is 0.309 e. The second-order valence-electron chi connectivity index (χ2n) is 5.36. The van der Waals surface area contributed by atoms with Gasteiger partial charge in [-0.2, -0.15) is 4.31 Å². The van der Waals surface area contributed by atoms with Gasteiger partial charge in [-0.05, 0) is 60.3 Å². The molecule has 2 rings (SSSR count). The monoisotopic (exact) mass is 389 g/mol. The van der Waals surface area contributed by atoms with E-state index in [1.54, 1.807) is 25.1 Å². The van der Waals surface area contributed by atoms with Crippen molar-refractivity contribution in [1.82, 2.24) is 4.31 Å². The van der Waals surface area contributed by atoms with Crippen molar-refractivity contribution in [2.75, 3.05) is 19.7 Å². The lowest BCUT2D eigenvalue weighted by atomic mass is 9.98. The Balaban J connectivity index is 2.11. The highest BCUT2D eigenvalue weighted by atomic mass is 79.9. The highest BCUT2D eigenvalue weighted by Gasteiger charge is 2.33. The van der Waals surface area contributed by atoms with E-state index in [1.807, 2.05) is 6.92 Å². The van der Waals surface area contributed by atoms with Gasteiger partial charge in [-0.1, -0.05) is 6.07 Å². The van der Waals surface area contributed by atoms with Crippen molar-refractivity contribution in [1.29, 1.82) is 0 Å². The molecular formula is C15H20BrNO4S. The molecule has 0 aromatic heterocycles. The third-order valence-corrected chi connectivity index (χ3v) is 6.65. The van der Waals surface area contributed by atoms with E-state index in [9.17, 15) is 13.2 Å². The van der Waals surface area contributed by atoms with Crippen LogP contribution in [-0.4, -0.2) is 38.4 Å². The Bertz CT molecular complexity index is 652. The molecule has 0 saturated carbocycles. The zero-order valence-corrected chi connectivity index (χ0v) is 15.1.